The molecule has 1 spiro atoms. The number of hydrogen-bond donors (Lipinski definition) is 0. The van der Waals surface area contributed by atoms with Crippen LogP contribution in [0.3, 0.4) is 0 Å². The van der Waals surface area contributed by atoms with E-state index in [1.165, 1.54) is 145 Å². The van der Waals surface area contributed by atoms with Crippen LogP contribution in [-0.2, 0) is 10.8 Å². The van der Waals surface area contributed by atoms with Crippen molar-refractivity contribution in [2.75, 3.05) is 14.7 Å². The number of hydrogen-bond acceptors (Lipinski definition) is 3. The zero-order valence-electron chi connectivity index (χ0n) is 70.9. The first kappa shape index (κ1) is 78.1. The van der Waals surface area contributed by atoms with E-state index >= 15 is 0 Å². The second-order valence-electron chi connectivity index (χ2n) is 33.4. The smallest absolute Gasteiger partial charge is 0.0725 e. The summed E-state index contributed by atoms with van der Waals surface area (Å²) in [7, 11) is 0. The van der Waals surface area contributed by atoms with Crippen LogP contribution in [0.15, 0.2) is 516 Å². The van der Waals surface area contributed by atoms with E-state index in [0.29, 0.717) is 0 Å². The van der Waals surface area contributed by atoms with Crippen molar-refractivity contribution < 1.29 is 0 Å². The van der Waals surface area contributed by atoms with E-state index in [1.54, 1.807) is 0 Å². The number of anilines is 9. The van der Waals surface area contributed by atoms with E-state index in [-0.39, 0.29) is 10.8 Å². The van der Waals surface area contributed by atoms with Crippen LogP contribution < -0.4 is 14.7 Å². The maximum absolute atomic E-state index is 2.43. The summed E-state index contributed by atoms with van der Waals surface area (Å²) in [5.74, 6) is 0. The molecule has 0 radical (unpaired) electrons. The largest absolute Gasteiger partial charge is 0.310 e. The van der Waals surface area contributed by atoms with E-state index in [1.807, 2.05) is 0 Å². The quantitative estimate of drug-likeness (QED) is 0.0955. The lowest BCUT2D eigenvalue weighted by molar-refractivity contribution is 0.660. The molecule has 0 amide bonds. The first-order valence-corrected chi connectivity index (χ1v) is 43.9. The van der Waals surface area contributed by atoms with Crippen LogP contribution in [0.4, 0.5) is 51.2 Å². The molecule has 3 aliphatic rings. The molecular weight excluding hydrogens is 1530 g/mol. The summed E-state index contributed by atoms with van der Waals surface area (Å²) in [6.07, 6.45) is 0. The van der Waals surface area contributed by atoms with Crippen molar-refractivity contribution in [1.29, 1.82) is 0 Å². The average molecular weight is 1620 g/mol. The summed E-state index contributed by atoms with van der Waals surface area (Å²) in [6, 6.07) is 186. The van der Waals surface area contributed by atoms with E-state index in [0.717, 1.165) is 51.2 Å². The van der Waals surface area contributed by atoms with Gasteiger partial charge in [-0.3, -0.25) is 0 Å². The Hall–Kier alpha value is -16.2. The lowest BCUT2D eigenvalue weighted by Crippen LogP contribution is -2.25. The molecule has 3 nitrogen and oxygen atoms in total. The van der Waals surface area contributed by atoms with Gasteiger partial charge in [0.15, 0.2) is 0 Å². The van der Waals surface area contributed by atoms with Crippen molar-refractivity contribution in [3.63, 3.8) is 0 Å². The summed E-state index contributed by atoms with van der Waals surface area (Å²) in [5.41, 5.74) is 42.7. The fraction of sp³-hybridized carbons (Fsp3) is 0.0323. The average Bonchev–Trinajstić information content (AvgIpc) is 1.51. The van der Waals surface area contributed by atoms with Crippen LogP contribution in [0, 0.1) is 0 Å². The minimum atomic E-state index is -0.358. The summed E-state index contributed by atoms with van der Waals surface area (Å²) in [6.45, 7) is 4.67. The first-order chi connectivity index (χ1) is 62.7. The Morgan fingerprint density at radius 2 is 0.291 bits per heavy atom. The molecule has 602 valence electrons. The zero-order valence-corrected chi connectivity index (χ0v) is 70.9. The minimum Gasteiger partial charge on any atom is -0.310 e. The third-order valence-electron chi connectivity index (χ3n) is 25.5. The van der Waals surface area contributed by atoms with Crippen LogP contribution in [0.2, 0.25) is 0 Å². The highest BCUT2D eigenvalue weighted by molar-refractivity contribution is 5.98. The summed E-state index contributed by atoms with van der Waals surface area (Å²) < 4.78 is 0. The highest BCUT2D eigenvalue weighted by Crippen LogP contribution is 2.64. The molecule has 0 aliphatic heterocycles. The van der Waals surface area contributed by atoms with E-state index in [2.05, 4.69) is 544 Å². The Balaban J connectivity index is 0.000000118. The predicted molar refractivity (Wildman–Crippen MR) is 535 cm³/mol. The number of nitrogens with zero attached hydrogens (tertiary/aromatic N) is 3. The normalized spacial score (nSPS) is 12.3. The van der Waals surface area contributed by atoms with Gasteiger partial charge in [-0.1, -0.05) is 420 Å². The van der Waals surface area contributed by atoms with Crippen LogP contribution in [0.5, 0.6) is 0 Å². The Morgan fingerprint density at radius 3 is 0.543 bits per heavy atom. The summed E-state index contributed by atoms with van der Waals surface area (Å²) in [4.78, 5) is 7.17. The molecular formula is C124H91N3. The van der Waals surface area contributed by atoms with Crippen molar-refractivity contribution in [2.45, 2.75) is 24.7 Å². The van der Waals surface area contributed by atoms with Gasteiger partial charge in [0, 0.05) is 56.6 Å². The van der Waals surface area contributed by atoms with Gasteiger partial charge in [-0.2, -0.15) is 0 Å². The Labute approximate surface area is 745 Å². The van der Waals surface area contributed by atoms with Crippen LogP contribution >= 0.6 is 0 Å². The molecule has 3 heteroatoms. The third kappa shape index (κ3) is 15.0. The van der Waals surface area contributed by atoms with Gasteiger partial charge in [0.25, 0.3) is 0 Å². The molecule has 0 N–H and O–H groups in total. The van der Waals surface area contributed by atoms with Gasteiger partial charge >= 0.3 is 0 Å². The Bertz CT molecular complexity index is 6940. The fourth-order valence-corrected chi connectivity index (χ4v) is 19.6. The summed E-state index contributed by atoms with van der Waals surface area (Å²) >= 11 is 0. The molecule has 20 aromatic carbocycles. The van der Waals surface area contributed by atoms with Gasteiger partial charge in [-0.15, -0.1) is 0 Å². The molecule has 0 aromatic heterocycles. The second kappa shape index (κ2) is 34.3. The molecule has 0 saturated carbocycles. The molecule has 0 bridgehead atoms. The van der Waals surface area contributed by atoms with Gasteiger partial charge in [0.05, 0.1) is 5.41 Å². The lowest BCUT2D eigenvalue weighted by Gasteiger charge is -2.31. The van der Waals surface area contributed by atoms with Gasteiger partial charge < -0.3 is 14.7 Å². The van der Waals surface area contributed by atoms with Gasteiger partial charge in [-0.25, -0.2) is 0 Å². The monoisotopic (exact) mass is 1620 g/mol. The van der Waals surface area contributed by atoms with Crippen LogP contribution in [-0.4, -0.2) is 0 Å². The van der Waals surface area contributed by atoms with Crippen molar-refractivity contribution in [3.8, 4) is 111 Å². The zero-order chi connectivity index (χ0) is 85.0. The standard InChI is InChI=1S/C49H33N.C39H31N.C36H27N/c1-3-15-34(16-4-1)36-19-13-21-38(31-36)50(39-22-14-20-37(32-39)35-17-5-2-6-18-35)40-29-30-48-44(33-40)43-25-9-12-28-47(43)49(48)45-26-10-7-23-41(45)42-24-8-11-27-46(42)49;1-39(2)37-22-10-9-21-35(37)36-27-34(23-24-38(36)39)40(32-19-11-17-30(25-32)28-13-5-3-6-14-28)33-20-12-18-31(26-33)29-15-7-4-8-16-29;1-4-13-28(14-5-1)31-19-10-22-34(25-31)37(35-23-11-20-32(26-35)29-15-6-2-7-16-29)36-24-12-21-33(27-36)30-17-8-3-9-18-30/h1-33H;3-27H,1-2H3;1-27H. The van der Waals surface area contributed by atoms with Gasteiger partial charge in [-0.05, 0) is 254 Å². The highest BCUT2D eigenvalue weighted by atomic mass is 15.2. The molecule has 20 aromatic rings. The van der Waals surface area contributed by atoms with Crippen molar-refractivity contribution >= 4 is 51.2 Å². The number of fused-ring (bicyclic) bond motifs is 13. The molecule has 0 atom stereocenters. The number of rotatable bonds is 16. The van der Waals surface area contributed by atoms with Gasteiger partial charge in [0.1, 0.15) is 0 Å². The molecule has 0 fully saturated rings. The molecule has 0 saturated heterocycles. The Morgan fingerprint density at radius 1 is 0.126 bits per heavy atom. The molecule has 0 heterocycles. The van der Waals surface area contributed by atoms with Crippen molar-refractivity contribution in [1.82, 2.24) is 0 Å². The molecule has 23 rings (SSSR count). The minimum absolute atomic E-state index is 0.0181. The fourth-order valence-electron chi connectivity index (χ4n) is 19.6. The van der Waals surface area contributed by atoms with Crippen LogP contribution in [0.25, 0.3) is 111 Å². The number of benzene rings is 20. The maximum Gasteiger partial charge on any atom is 0.0725 e. The van der Waals surface area contributed by atoms with E-state index < -0.39 is 0 Å². The van der Waals surface area contributed by atoms with E-state index in [4.69, 9.17) is 0 Å². The van der Waals surface area contributed by atoms with Crippen molar-refractivity contribution in [3.05, 3.63) is 549 Å². The summed E-state index contributed by atoms with van der Waals surface area (Å²) in [5, 5.41) is 0. The topological polar surface area (TPSA) is 9.72 Å². The van der Waals surface area contributed by atoms with Crippen molar-refractivity contribution in [2.24, 2.45) is 0 Å². The maximum atomic E-state index is 2.43. The predicted octanol–water partition coefficient (Wildman–Crippen LogP) is 33.8. The van der Waals surface area contributed by atoms with Crippen LogP contribution in [0.1, 0.15) is 47.2 Å². The SMILES string of the molecule is CC1(C)c2ccccc2-c2cc(N(c3cccc(-c4ccccc4)c3)c3cccc(-c4ccccc4)c3)ccc21.c1ccc(-c2cccc(N(c3cccc(-c4ccccc4)c3)c3ccc4c(c3)-c3ccccc3C43c4ccccc4-c4ccccc43)c2)cc1.c1ccc(-c2cccc(N(c3cccc(-c4ccccc4)c3)c3cccc(-c4ccccc4)c3)c2)cc1. The second-order valence-corrected chi connectivity index (χ2v) is 33.4. The molecule has 0 unspecified atom stereocenters. The third-order valence-corrected chi connectivity index (χ3v) is 25.5. The highest BCUT2D eigenvalue weighted by Gasteiger charge is 2.51. The lowest BCUT2D eigenvalue weighted by atomic mass is 9.70. The first-order valence-electron chi connectivity index (χ1n) is 43.9. The van der Waals surface area contributed by atoms with Gasteiger partial charge in [0.2, 0.25) is 0 Å². The molecule has 3 aliphatic carbocycles. The Kier molecular flexibility index (Phi) is 21.1. The van der Waals surface area contributed by atoms with E-state index in [9.17, 15) is 0 Å². The molecule has 127 heavy (non-hydrogen) atoms.